The van der Waals surface area contributed by atoms with Crippen molar-refractivity contribution in [2.24, 2.45) is 0 Å². The predicted octanol–water partition coefficient (Wildman–Crippen LogP) is 2.34. The third-order valence-electron chi connectivity index (χ3n) is 4.25. The van der Waals surface area contributed by atoms with E-state index in [4.69, 9.17) is 5.11 Å². The van der Waals surface area contributed by atoms with Gasteiger partial charge in [0, 0.05) is 17.9 Å². The zero-order valence-electron chi connectivity index (χ0n) is 16.7. The van der Waals surface area contributed by atoms with Crippen LogP contribution in [0.5, 0.6) is 0 Å². The summed E-state index contributed by atoms with van der Waals surface area (Å²) in [6, 6.07) is 7.85. The number of nitrogens with one attached hydrogen (secondary N) is 2. The lowest BCUT2D eigenvalue weighted by Crippen LogP contribution is -2.29. The molecule has 0 amide bonds. The van der Waals surface area contributed by atoms with E-state index >= 15 is 0 Å². The maximum Gasteiger partial charge on any atom is 0.318 e. The second-order valence-corrected chi connectivity index (χ2v) is 8.55. The highest BCUT2D eigenvalue weighted by molar-refractivity contribution is 7.89. The Morgan fingerprint density at radius 2 is 1.87 bits per heavy atom. The first-order chi connectivity index (χ1) is 14.2. The smallest absolute Gasteiger partial charge is 0.318 e. The first kappa shape index (κ1) is 21.4. The van der Waals surface area contributed by atoms with Crippen molar-refractivity contribution in [2.75, 3.05) is 11.9 Å². The minimum absolute atomic E-state index is 0.0414. The van der Waals surface area contributed by atoms with E-state index in [9.17, 15) is 13.2 Å². The van der Waals surface area contributed by atoms with Crippen LogP contribution in [0.25, 0.3) is 11.4 Å². The van der Waals surface area contributed by atoms with Crippen LogP contribution in [0.2, 0.25) is 0 Å². The van der Waals surface area contributed by atoms with Crippen molar-refractivity contribution >= 4 is 27.6 Å². The minimum atomic E-state index is -3.90. The highest BCUT2D eigenvalue weighted by atomic mass is 32.2. The van der Waals surface area contributed by atoms with Gasteiger partial charge in [0.05, 0.1) is 22.5 Å². The average molecular weight is 430 g/mol. The van der Waals surface area contributed by atoms with Gasteiger partial charge in [0.25, 0.3) is 0 Å². The summed E-state index contributed by atoms with van der Waals surface area (Å²) in [5.74, 6) is -0.0226. The lowest BCUT2D eigenvalue weighted by molar-refractivity contribution is -0.135. The Labute approximate surface area is 174 Å². The first-order valence-electron chi connectivity index (χ1n) is 9.13. The van der Waals surface area contributed by atoms with E-state index < -0.39 is 22.5 Å². The summed E-state index contributed by atoms with van der Waals surface area (Å²) in [5.41, 5.74) is 2.16. The van der Waals surface area contributed by atoms with Gasteiger partial charge in [-0.25, -0.2) is 23.4 Å². The van der Waals surface area contributed by atoms with Crippen LogP contribution in [-0.4, -0.2) is 45.6 Å². The molecule has 3 N–H and O–H groups in total. The summed E-state index contributed by atoms with van der Waals surface area (Å²) in [7, 11) is -3.90. The molecule has 0 spiro atoms. The number of imidazole rings is 1. The van der Waals surface area contributed by atoms with Crippen LogP contribution in [-0.2, 0) is 14.8 Å². The highest BCUT2D eigenvalue weighted by Gasteiger charge is 2.16. The quantitative estimate of drug-likeness (QED) is 0.495. The van der Waals surface area contributed by atoms with Gasteiger partial charge in [-0.05, 0) is 51.1 Å². The van der Waals surface area contributed by atoms with Crippen molar-refractivity contribution in [3.05, 3.63) is 48.5 Å². The monoisotopic (exact) mass is 430 g/mol. The predicted molar refractivity (Wildman–Crippen MR) is 111 cm³/mol. The number of carboxylic acids is 1. The van der Waals surface area contributed by atoms with Gasteiger partial charge in [-0.15, -0.1) is 0 Å². The maximum atomic E-state index is 12.1. The molecule has 0 bridgehead atoms. The van der Waals surface area contributed by atoms with Gasteiger partial charge in [0.15, 0.2) is 0 Å². The number of aryl methyl sites for hydroxylation is 1. The Morgan fingerprint density at radius 1 is 1.17 bits per heavy atom. The second-order valence-electron chi connectivity index (χ2n) is 6.79. The number of anilines is 2. The largest absolute Gasteiger partial charge is 0.480 e. The molecule has 0 unspecified atom stereocenters. The van der Waals surface area contributed by atoms with Gasteiger partial charge < -0.3 is 15.0 Å². The van der Waals surface area contributed by atoms with Gasteiger partial charge in [0.2, 0.25) is 16.0 Å². The van der Waals surface area contributed by atoms with Crippen molar-refractivity contribution < 1.29 is 18.3 Å². The second kappa shape index (κ2) is 8.59. The number of nitrogens with zero attached hydrogens (tertiary/aromatic N) is 4. The number of carboxylic acid groups (broad SMARTS) is 1. The van der Waals surface area contributed by atoms with E-state index in [1.165, 1.54) is 12.1 Å². The molecule has 0 aliphatic rings. The Morgan fingerprint density at radius 3 is 2.50 bits per heavy atom. The number of hydrogen-bond donors (Lipinski definition) is 3. The molecule has 0 fully saturated rings. The number of carbonyl (C=O) groups is 1. The molecule has 0 aliphatic carbocycles. The SMILES string of the molecule is Cc1ncc(-c2ccnc(Nc3ccc(S(=O)(=O)NCC(=O)O)cc3)n2)n1C(C)C. The van der Waals surface area contributed by atoms with Crippen molar-refractivity contribution in [2.45, 2.75) is 31.7 Å². The fourth-order valence-electron chi connectivity index (χ4n) is 2.94. The zero-order valence-corrected chi connectivity index (χ0v) is 17.5. The van der Waals surface area contributed by atoms with E-state index in [-0.39, 0.29) is 10.9 Å². The summed E-state index contributed by atoms with van der Waals surface area (Å²) in [5, 5.41) is 11.7. The molecule has 0 aliphatic heterocycles. The van der Waals surface area contributed by atoms with Gasteiger partial charge in [-0.2, -0.15) is 4.72 Å². The van der Waals surface area contributed by atoms with Crippen LogP contribution < -0.4 is 10.0 Å². The normalized spacial score (nSPS) is 11.6. The van der Waals surface area contributed by atoms with E-state index in [2.05, 4.69) is 38.7 Å². The molecule has 30 heavy (non-hydrogen) atoms. The molecule has 1 aromatic carbocycles. The topological polar surface area (TPSA) is 139 Å². The molecule has 0 saturated carbocycles. The molecule has 3 aromatic rings. The number of benzene rings is 1. The van der Waals surface area contributed by atoms with Crippen molar-refractivity contribution in [3.8, 4) is 11.4 Å². The van der Waals surface area contributed by atoms with Crippen molar-refractivity contribution in [1.82, 2.24) is 24.2 Å². The Hall–Kier alpha value is -3.31. The van der Waals surface area contributed by atoms with E-state index in [0.717, 1.165) is 11.5 Å². The fourth-order valence-corrected chi connectivity index (χ4v) is 3.92. The summed E-state index contributed by atoms with van der Waals surface area (Å²) < 4.78 is 28.2. The van der Waals surface area contributed by atoms with Crippen molar-refractivity contribution in [1.29, 1.82) is 0 Å². The third-order valence-corrected chi connectivity index (χ3v) is 5.67. The minimum Gasteiger partial charge on any atom is -0.480 e. The molecular formula is C19H22N6O4S. The van der Waals surface area contributed by atoms with Gasteiger partial charge in [-0.1, -0.05) is 0 Å². The number of aromatic nitrogens is 4. The fraction of sp³-hybridized carbons (Fsp3) is 0.263. The Balaban J connectivity index is 1.80. The molecule has 0 saturated heterocycles. The lowest BCUT2D eigenvalue weighted by Gasteiger charge is -2.14. The molecule has 11 heteroatoms. The molecule has 0 atom stereocenters. The van der Waals surface area contributed by atoms with Crippen LogP contribution in [0.3, 0.4) is 0 Å². The number of sulfonamides is 1. The first-order valence-corrected chi connectivity index (χ1v) is 10.6. The van der Waals surface area contributed by atoms with Gasteiger partial charge >= 0.3 is 5.97 Å². The van der Waals surface area contributed by atoms with E-state index in [1.807, 2.05) is 11.6 Å². The van der Waals surface area contributed by atoms with E-state index in [1.54, 1.807) is 30.6 Å². The number of aliphatic carboxylic acids is 1. The van der Waals surface area contributed by atoms with Crippen LogP contribution in [0, 0.1) is 6.92 Å². The lowest BCUT2D eigenvalue weighted by atomic mass is 10.2. The summed E-state index contributed by atoms with van der Waals surface area (Å²) in [6.07, 6.45) is 3.40. The molecule has 3 rings (SSSR count). The standard InChI is InChI=1S/C19H22N6O4S/c1-12(2)25-13(3)21-10-17(25)16-8-9-20-19(24-16)23-14-4-6-15(7-5-14)30(28,29)22-11-18(26)27/h4-10,12,22H,11H2,1-3H3,(H,26,27)(H,20,23,24). The van der Waals surface area contributed by atoms with E-state index in [0.29, 0.717) is 17.3 Å². The maximum absolute atomic E-state index is 12.1. The molecule has 0 radical (unpaired) electrons. The van der Waals surface area contributed by atoms with Crippen LogP contribution in [0.1, 0.15) is 25.7 Å². The van der Waals surface area contributed by atoms with Crippen LogP contribution in [0.4, 0.5) is 11.6 Å². The summed E-state index contributed by atoms with van der Waals surface area (Å²) >= 11 is 0. The summed E-state index contributed by atoms with van der Waals surface area (Å²) in [6.45, 7) is 5.39. The van der Waals surface area contributed by atoms with Crippen molar-refractivity contribution in [3.63, 3.8) is 0 Å². The summed E-state index contributed by atoms with van der Waals surface area (Å²) in [4.78, 5) is 23.6. The highest BCUT2D eigenvalue weighted by Crippen LogP contribution is 2.24. The Kier molecular flexibility index (Phi) is 6.13. The Bertz CT molecular complexity index is 1160. The molecule has 10 nitrogen and oxygen atoms in total. The molecule has 2 aromatic heterocycles. The third kappa shape index (κ3) is 4.81. The average Bonchev–Trinajstić information content (AvgIpc) is 3.09. The number of rotatable bonds is 8. The van der Waals surface area contributed by atoms with Crippen LogP contribution >= 0.6 is 0 Å². The zero-order chi connectivity index (χ0) is 21.9. The molecular weight excluding hydrogens is 408 g/mol. The van der Waals surface area contributed by atoms with Gasteiger partial charge in [0.1, 0.15) is 12.4 Å². The number of hydrogen-bond acceptors (Lipinski definition) is 7. The molecule has 158 valence electrons. The van der Waals surface area contributed by atoms with Crippen LogP contribution in [0.15, 0.2) is 47.6 Å². The van der Waals surface area contributed by atoms with Gasteiger partial charge in [-0.3, -0.25) is 4.79 Å². The molecule has 2 heterocycles.